The van der Waals surface area contributed by atoms with Crippen molar-refractivity contribution in [3.63, 3.8) is 0 Å². The number of primary amides is 1. The van der Waals surface area contributed by atoms with E-state index in [9.17, 15) is 20.0 Å². The SMILES string of the molecule is N#CC1=C(O)NC(=O)[C@@H]([n+]2ccccc2)[C@@H]1c1cccc(OCC(N)=O)c1. The van der Waals surface area contributed by atoms with E-state index in [0.717, 1.165) is 0 Å². The maximum absolute atomic E-state index is 12.6. The summed E-state index contributed by atoms with van der Waals surface area (Å²) in [6, 6.07) is 13.2. The van der Waals surface area contributed by atoms with Crippen molar-refractivity contribution in [1.82, 2.24) is 5.32 Å². The Morgan fingerprint density at radius 1 is 1.30 bits per heavy atom. The normalized spacial score (nSPS) is 19.1. The number of amides is 2. The molecule has 2 heterocycles. The molecule has 0 bridgehead atoms. The Morgan fingerprint density at radius 2 is 2.04 bits per heavy atom. The van der Waals surface area contributed by atoms with E-state index in [1.165, 1.54) is 0 Å². The predicted octanol–water partition coefficient (Wildman–Crippen LogP) is 0.586. The standard InChI is InChI=1S/C19H16N4O4/c20-10-14-16(12-5-4-6-13(9-12)27-11-15(21)24)17(19(26)22-18(14)25)23-7-2-1-3-8-23/h1-9,16-17H,11H2,(H3-,21,22,24,25,26)/p+1/t16-,17+/m1/s1. The maximum Gasteiger partial charge on any atom is 0.296 e. The van der Waals surface area contributed by atoms with Gasteiger partial charge in [-0.25, -0.2) is 0 Å². The van der Waals surface area contributed by atoms with Gasteiger partial charge in [0.05, 0.1) is 5.92 Å². The van der Waals surface area contributed by atoms with Crippen LogP contribution in [0, 0.1) is 11.3 Å². The summed E-state index contributed by atoms with van der Waals surface area (Å²) in [6.45, 7) is -0.294. The lowest BCUT2D eigenvalue weighted by Gasteiger charge is -2.27. The van der Waals surface area contributed by atoms with Crippen molar-refractivity contribution in [3.8, 4) is 11.8 Å². The van der Waals surface area contributed by atoms with Crippen LogP contribution in [0.3, 0.4) is 0 Å². The molecule has 4 N–H and O–H groups in total. The lowest BCUT2D eigenvalue weighted by molar-refractivity contribution is -0.711. The van der Waals surface area contributed by atoms with E-state index in [0.29, 0.717) is 11.3 Å². The molecule has 8 nitrogen and oxygen atoms in total. The molecule has 0 radical (unpaired) electrons. The van der Waals surface area contributed by atoms with E-state index in [1.807, 2.05) is 12.1 Å². The molecular weight excluding hydrogens is 348 g/mol. The van der Waals surface area contributed by atoms with Gasteiger partial charge in [-0.2, -0.15) is 9.83 Å². The molecule has 0 spiro atoms. The van der Waals surface area contributed by atoms with Crippen LogP contribution in [0.5, 0.6) is 5.75 Å². The second-order valence-corrected chi connectivity index (χ2v) is 5.94. The largest absolute Gasteiger partial charge is 0.494 e. The van der Waals surface area contributed by atoms with Crippen LogP contribution in [0.1, 0.15) is 17.5 Å². The summed E-state index contributed by atoms with van der Waals surface area (Å²) >= 11 is 0. The molecule has 1 aliphatic rings. The van der Waals surface area contributed by atoms with E-state index < -0.39 is 29.7 Å². The Balaban J connectivity index is 2.09. The van der Waals surface area contributed by atoms with Crippen molar-refractivity contribution < 1.29 is 24.0 Å². The first-order valence-electron chi connectivity index (χ1n) is 8.12. The van der Waals surface area contributed by atoms with Gasteiger partial charge in [0.2, 0.25) is 11.9 Å². The highest BCUT2D eigenvalue weighted by atomic mass is 16.5. The van der Waals surface area contributed by atoms with Crippen molar-refractivity contribution in [2.24, 2.45) is 5.73 Å². The number of aromatic nitrogens is 1. The molecule has 1 aromatic heterocycles. The van der Waals surface area contributed by atoms with Gasteiger partial charge in [-0.1, -0.05) is 18.2 Å². The zero-order valence-corrected chi connectivity index (χ0v) is 14.2. The Labute approximate surface area is 155 Å². The zero-order valence-electron chi connectivity index (χ0n) is 14.2. The van der Waals surface area contributed by atoms with Crippen LogP contribution in [-0.4, -0.2) is 23.5 Å². The summed E-state index contributed by atoms with van der Waals surface area (Å²) in [5, 5.41) is 22.0. The number of nitrogens with zero attached hydrogens (tertiary/aromatic N) is 2. The van der Waals surface area contributed by atoms with Gasteiger partial charge in [-0.3, -0.25) is 14.9 Å². The molecule has 2 atom stereocenters. The van der Waals surface area contributed by atoms with Crippen molar-refractivity contribution in [2.45, 2.75) is 12.0 Å². The molecule has 27 heavy (non-hydrogen) atoms. The molecule has 3 rings (SSSR count). The smallest absolute Gasteiger partial charge is 0.296 e. The van der Waals surface area contributed by atoms with Crippen molar-refractivity contribution in [1.29, 1.82) is 5.26 Å². The maximum atomic E-state index is 12.6. The number of nitrogens with two attached hydrogens (primary N) is 1. The highest BCUT2D eigenvalue weighted by Crippen LogP contribution is 2.37. The van der Waals surface area contributed by atoms with Crippen LogP contribution in [-0.2, 0) is 9.59 Å². The first kappa shape index (κ1) is 17.9. The molecule has 8 heteroatoms. The number of rotatable bonds is 5. The summed E-state index contributed by atoms with van der Waals surface area (Å²) in [5.74, 6) is -1.91. The fourth-order valence-electron chi connectivity index (χ4n) is 3.04. The van der Waals surface area contributed by atoms with Gasteiger partial charge in [-0.05, 0) is 17.7 Å². The summed E-state index contributed by atoms with van der Waals surface area (Å²) in [4.78, 5) is 23.6. The number of hydrogen-bond donors (Lipinski definition) is 3. The lowest BCUT2D eigenvalue weighted by Crippen LogP contribution is -2.53. The first-order chi connectivity index (χ1) is 13.0. The monoisotopic (exact) mass is 365 g/mol. The minimum atomic E-state index is -0.789. The Hall–Kier alpha value is -3.86. The molecule has 0 unspecified atom stereocenters. The molecule has 0 aliphatic carbocycles. The second-order valence-electron chi connectivity index (χ2n) is 5.94. The molecule has 2 amide bonds. The van der Waals surface area contributed by atoms with Gasteiger partial charge in [0.25, 0.3) is 11.8 Å². The third-order valence-corrected chi connectivity index (χ3v) is 4.17. The fraction of sp³-hybridized carbons (Fsp3) is 0.158. The third kappa shape index (κ3) is 3.72. The molecule has 0 saturated carbocycles. The molecule has 0 saturated heterocycles. The number of benzene rings is 1. The van der Waals surface area contributed by atoms with Crippen molar-refractivity contribution in [3.05, 3.63) is 71.9 Å². The number of carbonyl (C=O) groups excluding carboxylic acids is 2. The minimum Gasteiger partial charge on any atom is -0.494 e. The molecule has 0 fully saturated rings. The van der Waals surface area contributed by atoms with Crippen molar-refractivity contribution in [2.75, 3.05) is 6.61 Å². The van der Waals surface area contributed by atoms with Gasteiger partial charge in [0.1, 0.15) is 17.4 Å². The second kappa shape index (κ2) is 7.58. The van der Waals surface area contributed by atoms with E-state index in [-0.39, 0.29) is 12.2 Å². The number of hydrogen-bond acceptors (Lipinski definition) is 5. The molecule has 2 aromatic rings. The molecule has 136 valence electrons. The first-order valence-corrected chi connectivity index (χ1v) is 8.12. The number of nitriles is 1. The highest BCUT2D eigenvalue weighted by Gasteiger charge is 2.45. The molecular formula is C19H17N4O4+. The molecule has 1 aromatic carbocycles. The fourth-order valence-corrected chi connectivity index (χ4v) is 3.04. The third-order valence-electron chi connectivity index (χ3n) is 4.17. The van der Waals surface area contributed by atoms with E-state index in [1.54, 1.807) is 53.4 Å². The van der Waals surface area contributed by atoms with E-state index in [4.69, 9.17) is 10.5 Å². The lowest BCUT2D eigenvalue weighted by atomic mass is 9.82. The van der Waals surface area contributed by atoms with Crippen molar-refractivity contribution >= 4 is 11.8 Å². The van der Waals surface area contributed by atoms with Gasteiger partial charge in [-0.15, -0.1) is 0 Å². The van der Waals surface area contributed by atoms with Gasteiger partial charge in [0.15, 0.2) is 19.0 Å². The number of carbonyl (C=O) groups is 2. The molecule has 1 aliphatic heterocycles. The number of ether oxygens (including phenoxy) is 1. The van der Waals surface area contributed by atoms with Gasteiger partial charge in [0, 0.05) is 12.1 Å². The zero-order chi connectivity index (χ0) is 19.4. The van der Waals surface area contributed by atoms with E-state index in [2.05, 4.69) is 5.32 Å². The Bertz CT molecular complexity index is 950. The topological polar surface area (TPSA) is 129 Å². The minimum absolute atomic E-state index is 0.0306. The van der Waals surface area contributed by atoms with E-state index >= 15 is 0 Å². The van der Waals surface area contributed by atoms with Crippen LogP contribution in [0.4, 0.5) is 0 Å². The Morgan fingerprint density at radius 3 is 2.70 bits per heavy atom. The van der Waals surface area contributed by atoms with Crippen LogP contribution in [0.15, 0.2) is 66.3 Å². The predicted molar refractivity (Wildman–Crippen MR) is 93.0 cm³/mol. The quantitative estimate of drug-likeness (QED) is 0.668. The number of aliphatic hydroxyl groups is 1. The number of allylic oxidation sites excluding steroid dienone is 1. The summed E-state index contributed by atoms with van der Waals surface area (Å²) < 4.78 is 6.99. The van der Waals surface area contributed by atoms with Crippen LogP contribution in [0.25, 0.3) is 0 Å². The van der Waals surface area contributed by atoms with Crippen LogP contribution < -0.4 is 20.4 Å². The average Bonchev–Trinajstić information content (AvgIpc) is 2.66. The van der Waals surface area contributed by atoms with Gasteiger partial charge >= 0.3 is 0 Å². The summed E-state index contributed by atoms with van der Waals surface area (Å²) in [5.41, 5.74) is 5.71. The number of nitrogens with one attached hydrogen (secondary N) is 1. The van der Waals surface area contributed by atoms with Gasteiger partial charge < -0.3 is 15.6 Å². The Kier molecular flexibility index (Phi) is 5.04. The van der Waals surface area contributed by atoms with Crippen LogP contribution in [0.2, 0.25) is 0 Å². The van der Waals surface area contributed by atoms with Crippen LogP contribution >= 0.6 is 0 Å². The summed E-state index contributed by atoms with van der Waals surface area (Å²) in [6.07, 6.45) is 3.42. The number of aliphatic hydroxyl groups excluding tert-OH is 1. The highest BCUT2D eigenvalue weighted by molar-refractivity contribution is 5.84. The number of pyridine rings is 1. The average molecular weight is 365 g/mol. The summed E-state index contributed by atoms with van der Waals surface area (Å²) in [7, 11) is 0.